The highest BCUT2D eigenvalue weighted by atomic mass is 19.4. The number of alkyl halides is 3. The largest absolute Gasteiger partial charge is 0.395 e. The van der Waals surface area contributed by atoms with Crippen molar-refractivity contribution in [2.45, 2.75) is 25.6 Å². The molecular weight excluding hydrogens is 209 g/mol. The molecule has 0 aromatic rings. The van der Waals surface area contributed by atoms with Gasteiger partial charge in [-0.1, -0.05) is 6.92 Å². The zero-order valence-corrected chi connectivity index (χ0v) is 9.14. The van der Waals surface area contributed by atoms with Gasteiger partial charge in [-0.2, -0.15) is 13.2 Å². The smallest absolute Gasteiger partial charge is 0.390 e. The van der Waals surface area contributed by atoms with E-state index in [0.717, 1.165) is 0 Å². The number of likely N-dealkylation sites (N-methyl/N-ethyl adjacent to an activating group) is 2. The molecule has 15 heavy (non-hydrogen) atoms. The first-order valence-electron chi connectivity index (χ1n) is 4.98. The van der Waals surface area contributed by atoms with Gasteiger partial charge in [0, 0.05) is 19.1 Å². The van der Waals surface area contributed by atoms with Crippen LogP contribution < -0.4 is 5.32 Å². The van der Waals surface area contributed by atoms with Crippen LogP contribution in [0, 0.1) is 0 Å². The van der Waals surface area contributed by atoms with E-state index in [1.807, 2.05) is 6.92 Å². The van der Waals surface area contributed by atoms with Gasteiger partial charge in [-0.05, 0) is 13.6 Å². The van der Waals surface area contributed by atoms with Gasteiger partial charge in [0.2, 0.25) is 0 Å². The van der Waals surface area contributed by atoms with Gasteiger partial charge in [-0.3, -0.25) is 0 Å². The summed E-state index contributed by atoms with van der Waals surface area (Å²) in [5.74, 6) is 0. The number of rotatable bonds is 7. The van der Waals surface area contributed by atoms with Crippen molar-refractivity contribution in [3.05, 3.63) is 0 Å². The lowest BCUT2D eigenvalue weighted by Crippen LogP contribution is -2.42. The van der Waals surface area contributed by atoms with Crippen LogP contribution in [0.1, 0.15) is 13.3 Å². The van der Waals surface area contributed by atoms with Crippen LogP contribution in [0.3, 0.4) is 0 Å². The van der Waals surface area contributed by atoms with Crippen molar-refractivity contribution in [3.63, 3.8) is 0 Å². The molecule has 0 aromatic carbocycles. The Labute approximate surface area is 88.3 Å². The van der Waals surface area contributed by atoms with Crippen LogP contribution >= 0.6 is 0 Å². The molecule has 92 valence electrons. The van der Waals surface area contributed by atoms with Gasteiger partial charge in [-0.15, -0.1) is 0 Å². The minimum Gasteiger partial charge on any atom is -0.395 e. The van der Waals surface area contributed by atoms with Crippen LogP contribution in [-0.4, -0.2) is 55.5 Å². The second kappa shape index (κ2) is 7.03. The molecule has 0 spiro atoms. The fraction of sp³-hybridized carbons (Fsp3) is 1.00. The van der Waals surface area contributed by atoms with E-state index in [4.69, 9.17) is 5.11 Å². The van der Waals surface area contributed by atoms with E-state index in [1.165, 1.54) is 0 Å². The summed E-state index contributed by atoms with van der Waals surface area (Å²) in [7, 11) is 1.62. The summed E-state index contributed by atoms with van der Waals surface area (Å²) >= 11 is 0. The topological polar surface area (TPSA) is 35.5 Å². The number of aliphatic hydroxyl groups excluding tert-OH is 1. The lowest BCUT2D eigenvalue weighted by atomic mass is 10.2. The molecule has 0 heterocycles. The van der Waals surface area contributed by atoms with Crippen molar-refractivity contribution in [2.24, 2.45) is 0 Å². The van der Waals surface area contributed by atoms with Crippen molar-refractivity contribution in [3.8, 4) is 0 Å². The molecule has 6 heteroatoms. The maximum absolute atomic E-state index is 11.9. The summed E-state index contributed by atoms with van der Waals surface area (Å²) in [6.07, 6.45) is -4.92. The highest BCUT2D eigenvalue weighted by molar-refractivity contribution is 4.69. The number of halogens is 3. The van der Waals surface area contributed by atoms with Gasteiger partial charge in [0.1, 0.15) is 0 Å². The van der Waals surface area contributed by atoms with E-state index in [-0.39, 0.29) is 19.2 Å². The molecule has 0 saturated carbocycles. The third-order valence-corrected chi connectivity index (χ3v) is 2.02. The summed E-state index contributed by atoms with van der Waals surface area (Å²) in [5.41, 5.74) is 0. The fourth-order valence-electron chi connectivity index (χ4n) is 1.26. The molecule has 0 saturated heterocycles. The van der Waals surface area contributed by atoms with Crippen LogP contribution in [-0.2, 0) is 0 Å². The van der Waals surface area contributed by atoms with E-state index in [1.54, 1.807) is 11.9 Å². The van der Waals surface area contributed by atoms with Crippen molar-refractivity contribution in [2.75, 3.05) is 33.3 Å². The van der Waals surface area contributed by atoms with Crippen molar-refractivity contribution >= 4 is 0 Å². The van der Waals surface area contributed by atoms with Gasteiger partial charge in [0.15, 0.2) is 0 Å². The Balaban J connectivity index is 3.75. The highest BCUT2D eigenvalue weighted by Gasteiger charge is 2.27. The van der Waals surface area contributed by atoms with Crippen LogP contribution in [0.25, 0.3) is 0 Å². The Kier molecular flexibility index (Phi) is 6.87. The third-order valence-electron chi connectivity index (χ3n) is 2.02. The summed E-state index contributed by atoms with van der Waals surface area (Å²) in [6.45, 7) is 2.90. The number of nitrogens with zero attached hydrogens (tertiary/aromatic N) is 1. The molecule has 1 unspecified atom stereocenters. The molecule has 2 N–H and O–H groups in total. The Bertz CT molecular complexity index is 164. The molecule has 0 bridgehead atoms. The summed E-state index contributed by atoms with van der Waals surface area (Å²) < 4.78 is 35.7. The maximum atomic E-state index is 11.9. The van der Waals surface area contributed by atoms with E-state index in [0.29, 0.717) is 13.1 Å². The van der Waals surface area contributed by atoms with Crippen LogP contribution in [0.2, 0.25) is 0 Å². The number of hydrogen-bond acceptors (Lipinski definition) is 3. The normalized spacial score (nSPS) is 14.6. The van der Waals surface area contributed by atoms with Gasteiger partial charge < -0.3 is 15.3 Å². The average molecular weight is 228 g/mol. The second-order valence-electron chi connectivity index (χ2n) is 3.56. The molecule has 0 aromatic heterocycles. The first-order valence-corrected chi connectivity index (χ1v) is 4.98. The zero-order chi connectivity index (χ0) is 11.9. The van der Waals surface area contributed by atoms with E-state index in [2.05, 4.69) is 5.32 Å². The first-order chi connectivity index (χ1) is 6.89. The minimum atomic E-state index is -4.11. The molecule has 0 aliphatic rings. The molecular formula is C9H19F3N2O. The van der Waals surface area contributed by atoms with Crippen molar-refractivity contribution in [1.29, 1.82) is 0 Å². The molecule has 0 rings (SSSR count). The van der Waals surface area contributed by atoms with Crippen LogP contribution in [0.15, 0.2) is 0 Å². The molecule has 0 radical (unpaired) electrons. The third kappa shape index (κ3) is 8.65. The quantitative estimate of drug-likeness (QED) is 0.678. The van der Waals surface area contributed by atoms with Crippen molar-refractivity contribution < 1.29 is 18.3 Å². The molecule has 3 nitrogen and oxygen atoms in total. The van der Waals surface area contributed by atoms with E-state index >= 15 is 0 Å². The summed E-state index contributed by atoms with van der Waals surface area (Å²) in [5, 5.41) is 11.9. The van der Waals surface area contributed by atoms with Crippen LogP contribution in [0.5, 0.6) is 0 Å². The van der Waals surface area contributed by atoms with Gasteiger partial charge in [0.05, 0.1) is 13.0 Å². The van der Waals surface area contributed by atoms with Gasteiger partial charge >= 0.3 is 6.18 Å². The molecule has 0 aliphatic carbocycles. The van der Waals surface area contributed by atoms with Gasteiger partial charge in [0.25, 0.3) is 0 Å². The molecule has 0 aliphatic heterocycles. The Hall–Kier alpha value is -0.330. The summed E-state index contributed by atoms with van der Waals surface area (Å²) in [4.78, 5) is 1.57. The number of hydrogen-bond donors (Lipinski definition) is 2. The average Bonchev–Trinajstić information content (AvgIpc) is 2.13. The predicted molar refractivity (Wildman–Crippen MR) is 52.7 cm³/mol. The highest BCUT2D eigenvalue weighted by Crippen LogP contribution is 2.19. The zero-order valence-electron chi connectivity index (χ0n) is 9.14. The first kappa shape index (κ1) is 14.7. The van der Waals surface area contributed by atoms with E-state index < -0.39 is 12.6 Å². The van der Waals surface area contributed by atoms with E-state index in [9.17, 15) is 13.2 Å². The molecule has 0 amide bonds. The predicted octanol–water partition coefficient (Wildman–Crippen LogP) is 0.841. The molecule has 1 atom stereocenters. The number of nitrogens with one attached hydrogen (secondary N) is 1. The Morgan fingerprint density at radius 1 is 1.40 bits per heavy atom. The van der Waals surface area contributed by atoms with Crippen LogP contribution in [0.4, 0.5) is 13.2 Å². The summed E-state index contributed by atoms with van der Waals surface area (Å²) in [6, 6.07) is -0.159. The standard InChI is InChI=1S/C9H19F3N2O/c1-3-13-8(7-15)6-14(2)5-4-9(10,11)12/h8,13,15H,3-7H2,1-2H3. The fourth-order valence-corrected chi connectivity index (χ4v) is 1.26. The number of aliphatic hydroxyl groups is 1. The van der Waals surface area contributed by atoms with Gasteiger partial charge in [-0.25, -0.2) is 0 Å². The second-order valence-corrected chi connectivity index (χ2v) is 3.56. The molecule has 0 fully saturated rings. The van der Waals surface area contributed by atoms with Crippen molar-refractivity contribution in [1.82, 2.24) is 10.2 Å². The SMILES string of the molecule is CCNC(CO)CN(C)CCC(F)(F)F. The maximum Gasteiger partial charge on any atom is 0.390 e. The Morgan fingerprint density at radius 2 is 2.00 bits per heavy atom. The lowest BCUT2D eigenvalue weighted by molar-refractivity contribution is -0.137. The Morgan fingerprint density at radius 3 is 2.40 bits per heavy atom. The minimum absolute atomic E-state index is 0.0363. The monoisotopic (exact) mass is 228 g/mol. The lowest BCUT2D eigenvalue weighted by Gasteiger charge is -2.23.